The Morgan fingerprint density at radius 1 is 0.931 bits per heavy atom. The van der Waals surface area contributed by atoms with Gasteiger partial charge in [0.25, 0.3) is 0 Å². The average Bonchev–Trinajstić information content (AvgIpc) is 3.24. The molecule has 1 atom stereocenters. The van der Waals surface area contributed by atoms with E-state index < -0.39 is 6.04 Å². The Labute approximate surface area is 169 Å². The molecule has 2 aromatic carbocycles. The molecule has 8 nitrogen and oxygen atoms in total. The second kappa shape index (κ2) is 9.18. The van der Waals surface area contributed by atoms with E-state index in [0.717, 1.165) is 6.42 Å². The summed E-state index contributed by atoms with van der Waals surface area (Å²) in [5.41, 5.74) is 1.05. The molecule has 154 valence electrons. The van der Waals surface area contributed by atoms with Crippen LogP contribution in [0.2, 0.25) is 0 Å². The van der Waals surface area contributed by atoms with Crippen LogP contribution < -0.4 is 24.8 Å². The number of likely N-dealkylation sites (tertiary alicyclic amines) is 1. The van der Waals surface area contributed by atoms with E-state index in [1.807, 2.05) is 6.07 Å². The molecule has 0 unspecified atom stereocenters. The van der Waals surface area contributed by atoms with Crippen LogP contribution >= 0.6 is 0 Å². The first kappa shape index (κ1) is 20.3. The lowest BCUT2D eigenvalue weighted by Gasteiger charge is -2.25. The van der Waals surface area contributed by atoms with Gasteiger partial charge in [0.05, 0.1) is 32.7 Å². The lowest BCUT2D eigenvalue weighted by Crippen LogP contribution is -2.45. The second-order valence-electron chi connectivity index (χ2n) is 6.54. The van der Waals surface area contributed by atoms with Gasteiger partial charge in [0, 0.05) is 12.6 Å². The average molecular weight is 399 g/mol. The molecule has 3 rings (SSSR count). The van der Waals surface area contributed by atoms with Gasteiger partial charge < -0.3 is 29.7 Å². The molecule has 1 fully saturated rings. The Kier molecular flexibility index (Phi) is 6.43. The summed E-state index contributed by atoms with van der Waals surface area (Å²) in [6.45, 7) is 0.494. The van der Waals surface area contributed by atoms with Crippen LogP contribution in [0.5, 0.6) is 17.2 Å². The Bertz CT molecular complexity index is 886. The number of urea groups is 1. The Balaban J connectivity index is 1.73. The van der Waals surface area contributed by atoms with E-state index in [4.69, 9.17) is 14.2 Å². The van der Waals surface area contributed by atoms with Crippen LogP contribution in [0.3, 0.4) is 0 Å². The maximum absolute atomic E-state index is 12.9. The van der Waals surface area contributed by atoms with Crippen molar-refractivity contribution in [3.8, 4) is 17.2 Å². The number of ether oxygens (including phenoxy) is 3. The lowest BCUT2D eigenvalue weighted by molar-refractivity contribution is -0.119. The highest BCUT2D eigenvalue weighted by Gasteiger charge is 2.34. The van der Waals surface area contributed by atoms with Crippen LogP contribution in [0.15, 0.2) is 42.5 Å². The van der Waals surface area contributed by atoms with Gasteiger partial charge in [0.2, 0.25) is 5.91 Å². The molecule has 0 aromatic heterocycles. The highest BCUT2D eigenvalue weighted by Crippen LogP contribution is 2.30. The van der Waals surface area contributed by atoms with Gasteiger partial charge in [-0.1, -0.05) is 12.1 Å². The number of anilines is 2. The number of hydrogen-bond donors (Lipinski definition) is 2. The number of carbonyl (C=O) groups is 2. The van der Waals surface area contributed by atoms with E-state index >= 15 is 0 Å². The van der Waals surface area contributed by atoms with Crippen molar-refractivity contribution in [3.05, 3.63) is 42.5 Å². The number of benzene rings is 2. The zero-order valence-electron chi connectivity index (χ0n) is 16.7. The van der Waals surface area contributed by atoms with Gasteiger partial charge in [0.1, 0.15) is 23.3 Å². The van der Waals surface area contributed by atoms with Crippen LogP contribution in [0.4, 0.5) is 16.2 Å². The SMILES string of the molecule is COc1ccc(OC)c(NC(=O)[C@@H]2CCCN2C(=O)Nc2ccccc2OC)c1. The predicted molar refractivity (Wildman–Crippen MR) is 110 cm³/mol. The molecule has 0 saturated carbocycles. The van der Waals surface area contributed by atoms with Gasteiger partial charge in [-0.3, -0.25) is 4.79 Å². The number of nitrogens with zero attached hydrogens (tertiary/aromatic N) is 1. The van der Waals surface area contributed by atoms with E-state index in [0.29, 0.717) is 41.6 Å². The Hall–Kier alpha value is -3.42. The molecule has 1 saturated heterocycles. The van der Waals surface area contributed by atoms with Crippen LogP contribution in [-0.2, 0) is 4.79 Å². The zero-order chi connectivity index (χ0) is 20.8. The third kappa shape index (κ3) is 4.53. The highest BCUT2D eigenvalue weighted by atomic mass is 16.5. The topological polar surface area (TPSA) is 89.1 Å². The number of hydrogen-bond acceptors (Lipinski definition) is 5. The summed E-state index contributed by atoms with van der Waals surface area (Å²) in [4.78, 5) is 27.3. The summed E-state index contributed by atoms with van der Waals surface area (Å²) in [6, 6.07) is 11.4. The third-order valence-corrected chi connectivity index (χ3v) is 4.83. The molecule has 0 spiro atoms. The second-order valence-corrected chi connectivity index (χ2v) is 6.54. The number of rotatable bonds is 6. The molecule has 2 aromatic rings. The van der Waals surface area contributed by atoms with Gasteiger partial charge in [-0.2, -0.15) is 0 Å². The highest BCUT2D eigenvalue weighted by molar-refractivity contribution is 6.00. The summed E-state index contributed by atoms with van der Waals surface area (Å²) < 4.78 is 15.8. The molecule has 1 heterocycles. The van der Waals surface area contributed by atoms with Crippen LogP contribution in [-0.4, -0.2) is 50.8 Å². The first-order valence-electron chi connectivity index (χ1n) is 9.31. The van der Waals surface area contributed by atoms with E-state index in [2.05, 4.69) is 10.6 Å². The molecular weight excluding hydrogens is 374 g/mol. The normalized spacial score (nSPS) is 15.6. The number of para-hydroxylation sites is 2. The first-order valence-corrected chi connectivity index (χ1v) is 9.31. The fraction of sp³-hybridized carbons (Fsp3) is 0.333. The lowest BCUT2D eigenvalue weighted by atomic mass is 10.2. The minimum atomic E-state index is -0.583. The summed E-state index contributed by atoms with van der Waals surface area (Å²) in [5, 5.41) is 5.69. The van der Waals surface area contributed by atoms with E-state index in [1.54, 1.807) is 50.6 Å². The Morgan fingerprint density at radius 2 is 1.66 bits per heavy atom. The number of amides is 3. The minimum absolute atomic E-state index is 0.274. The minimum Gasteiger partial charge on any atom is -0.497 e. The predicted octanol–water partition coefficient (Wildman–Crippen LogP) is 3.35. The molecular formula is C21H25N3O5. The van der Waals surface area contributed by atoms with Crippen molar-refractivity contribution < 1.29 is 23.8 Å². The van der Waals surface area contributed by atoms with E-state index in [1.165, 1.54) is 12.0 Å². The zero-order valence-corrected chi connectivity index (χ0v) is 16.7. The molecule has 29 heavy (non-hydrogen) atoms. The Morgan fingerprint density at radius 3 is 2.38 bits per heavy atom. The van der Waals surface area contributed by atoms with Gasteiger partial charge >= 0.3 is 6.03 Å². The molecule has 1 aliphatic rings. The van der Waals surface area contributed by atoms with Crippen molar-refractivity contribution in [3.63, 3.8) is 0 Å². The largest absolute Gasteiger partial charge is 0.497 e. The molecule has 0 bridgehead atoms. The third-order valence-electron chi connectivity index (χ3n) is 4.83. The van der Waals surface area contributed by atoms with Gasteiger partial charge in [-0.15, -0.1) is 0 Å². The number of methoxy groups -OCH3 is 3. The van der Waals surface area contributed by atoms with Crippen molar-refractivity contribution in [2.24, 2.45) is 0 Å². The number of nitrogens with one attached hydrogen (secondary N) is 2. The molecule has 1 aliphatic heterocycles. The summed E-state index contributed by atoms with van der Waals surface area (Å²) in [6.07, 6.45) is 1.32. The van der Waals surface area contributed by atoms with E-state index in [9.17, 15) is 9.59 Å². The monoisotopic (exact) mass is 399 g/mol. The van der Waals surface area contributed by atoms with Crippen molar-refractivity contribution in [2.75, 3.05) is 38.5 Å². The first-order chi connectivity index (χ1) is 14.1. The van der Waals surface area contributed by atoms with Crippen molar-refractivity contribution in [1.29, 1.82) is 0 Å². The molecule has 2 N–H and O–H groups in total. The number of carbonyl (C=O) groups excluding carboxylic acids is 2. The maximum atomic E-state index is 12.9. The molecule has 0 radical (unpaired) electrons. The molecule has 8 heteroatoms. The van der Waals surface area contributed by atoms with Gasteiger partial charge in [0.15, 0.2) is 0 Å². The quantitative estimate of drug-likeness (QED) is 0.778. The van der Waals surface area contributed by atoms with Crippen LogP contribution in [0.25, 0.3) is 0 Å². The van der Waals surface area contributed by atoms with Crippen molar-refractivity contribution >= 4 is 23.3 Å². The summed E-state index contributed by atoms with van der Waals surface area (Å²) in [7, 11) is 4.62. The molecule has 0 aliphatic carbocycles. The van der Waals surface area contributed by atoms with E-state index in [-0.39, 0.29) is 11.9 Å². The fourth-order valence-corrected chi connectivity index (χ4v) is 3.35. The van der Waals surface area contributed by atoms with Crippen molar-refractivity contribution in [2.45, 2.75) is 18.9 Å². The summed E-state index contributed by atoms with van der Waals surface area (Å²) >= 11 is 0. The summed E-state index contributed by atoms with van der Waals surface area (Å²) in [5.74, 6) is 1.40. The van der Waals surface area contributed by atoms with Crippen LogP contribution in [0, 0.1) is 0 Å². The fourth-order valence-electron chi connectivity index (χ4n) is 3.35. The van der Waals surface area contributed by atoms with Gasteiger partial charge in [-0.05, 0) is 37.1 Å². The van der Waals surface area contributed by atoms with Crippen LogP contribution in [0.1, 0.15) is 12.8 Å². The maximum Gasteiger partial charge on any atom is 0.322 e. The molecule has 3 amide bonds. The smallest absolute Gasteiger partial charge is 0.322 e. The standard InChI is InChI=1S/C21H25N3O5/c1-27-14-10-11-19(29-3)16(13-14)22-20(25)17-8-6-12-24(17)21(26)23-15-7-4-5-9-18(15)28-2/h4-5,7,9-11,13,17H,6,8,12H2,1-3H3,(H,22,25)(H,23,26)/t17-/m0/s1. The van der Waals surface area contributed by atoms with Gasteiger partial charge in [-0.25, -0.2) is 4.79 Å². The van der Waals surface area contributed by atoms with Crippen molar-refractivity contribution in [1.82, 2.24) is 4.90 Å².